The highest BCUT2D eigenvalue weighted by Crippen LogP contribution is 2.34. The van der Waals surface area contributed by atoms with Crippen LogP contribution in [0, 0.1) is 5.92 Å². The average Bonchev–Trinajstić information content (AvgIpc) is 3.27. The van der Waals surface area contributed by atoms with Gasteiger partial charge in [-0.25, -0.2) is 9.89 Å². The average molecular weight is 366 g/mol. The van der Waals surface area contributed by atoms with E-state index in [1.54, 1.807) is 25.1 Å². The minimum atomic E-state index is -0.590. The molecule has 1 aliphatic carbocycles. The molecule has 0 aliphatic heterocycles. The first-order chi connectivity index (χ1) is 12.2. The van der Waals surface area contributed by atoms with Crippen LogP contribution in [0.15, 0.2) is 18.2 Å². The maximum absolute atomic E-state index is 11.8. The monoisotopic (exact) mass is 365 g/mol. The molecule has 1 fully saturated rings. The molecular formula is C17H20ClN3O4. The predicted octanol–water partition coefficient (Wildman–Crippen LogP) is 4.00. The van der Waals surface area contributed by atoms with E-state index in [4.69, 9.17) is 25.8 Å². The van der Waals surface area contributed by atoms with Gasteiger partial charge in [0.2, 0.25) is 5.69 Å². The molecule has 25 heavy (non-hydrogen) atoms. The summed E-state index contributed by atoms with van der Waals surface area (Å²) in [5.74, 6) is 1.02. The third-order valence-corrected chi connectivity index (χ3v) is 4.38. The molecule has 0 saturated heterocycles. The largest absolute Gasteiger partial charge is 0.493 e. The summed E-state index contributed by atoms with van der Waals surface area (Å²) < 4.78 is 16.4. The van der Waals surface area contributed by atoms with Crippen LogP contribution in [-0.2, 0) is 4.74 Å². The molecule has 0 bridgehead atoms. The summed E-state index contributed by atoms with van der Waals surface area (Å²) in [6.07, 6.45) is 4.95. The van der Waals surface area contributed by atoms with Crippen molar-refractivity contribution in [2.24, 2.45) is 5.92 Å². The number of benzene rings is 1. The van der Waals surface area contributed by atoms with Crippen molar-refractivity contribution in [1.29, 1.82) is 0 Å². The van der Waals surface area contributed by atoms with Crippen LogP contribution in [0.5, 0.6) is 17.4 Å². The van der Waals surface area contributed by atoms with E-state index < -0.39 is 5.97 Å². The Bertz CT molecular complexity index is 728. The van der Waals surface area contributed by atoms with Crippen LogP contribution in [0.1, 0.15) is 43.1 Å². The Hall–Kier alpha value is -2.28. The number of hydrogen-bond acceptors (Lipinski definition) is 6. The second kappa shape index (κ2) is 8.20. The molecular weight excluding hydrogens is 346 g/mol. The van der Waals surface area contributed by atoms with E-state index in [1.807, 2.05) is 0 Å². The van der Waals surface area contributed by atoms with Gasteiger partial charge in [0.1, 0.15) is 5.75 Å². The highest BCUT2D eigenvalue weighted by Gasteiger charge is 2.20. The number of nitrogens with zero attached hydrogens (tertiary/aromatic N) is 2. The summed E-state index contributed by atoms with van der Waals surface area (Å²) in [7, 11) is 0. The summed E-state index contributed by atoms with van der Waals surface area (Å²) in [5, 5.41) is 10.2. The number of aromatic amines is 1. The van der Waals surface area contributed by atoms with Gasteiger partial charge in [0, 0.05) is 6.07 Å². The Morgan fingerprint density at radius 1 is 1.36 bits per heavy atom. The zero-order chi connectivity index (χ0) is 17.6. The molecule has 134 valence electrons. The predicted molar refractivity (Wildman–Crippen MR) is 91.3 cm³/mol. The number of H-pyrrole nitrogens is 1. The summed E-state index contributed by atoms with van der Waals surface area (Å²) >= 11 is 6.18. The van der Waals surface area contributed by atoms with Crippen LogP contribution >= 0.6 is 11.6 Å². The standard InChI is InChI=1S/C17H20ClN3O4/c1-2-23-17(22)15-16(20-21-19-15)25-14-9-12(7-8-13(14)18)24-10-11-5-3-4-6-11/h7-9,11H,2-6,10H2,1H3,(H,19,20,21). The first kappa shape index (κ1) is 17.5. The molecule has 0 atom stereocenters. The van der Waals surface area contributed by atoms with E-state index in [0.29, 0.717) is 29.0 Å². The molecule has 0 spiro atoms. The Morgan fingerprint density at radius 2 is 2.16 bits per heavy atom. The van der Waals surface area contributed by atoms with E-state index in [-0.39, 0.29) is 18.2 Å². The number of hydrogen-bond donors (Lipinski definition) is 1. The normalized spacial score (nSPS) is 14.5. The molecule has 1 saturated carbocycles. The molecule has 0 radical (unpaired) electrons. The number of ether oxygens (including phenoxy) is 3. The zero-order valence-corrected chi connectivity index (χ0v) is 14.7. The van der Waals surface area contributed by atoms with Crippen molar-refractivity contribution >= 4 is 17.6 Å². The van der Waals surface area contributed by atoms with Crippen molar-refractivity contribution in [2.75, 3.05) is 13.2 Å². The van der Waals surface area contributed by atoms with Crippen molar-refractivity contribution in [3.8, 4) is 17.4 Å². The van der Waals surface area contributed by atoms with Gasteiger partial charge in [-0.1, -0.05) is 34.8 Å². The van der Waals surface area contributed by atoms with Crippen LogP contribution in [0.4, 0.5) is 0 Å². The topological polar surface area (TPSA) is 86.3 Å². The molecule has 1 N–H and O–H groups in total. The van der Waals surface area contributed by atoms with Gasteiger partial charge in [0.05, 0.1) is 18.2 Å². The van der Waals surface area contributed by atoms with Crippen LogP contribution in [0.25, 0.3) is 0 Å². The number of halogens is 1. The number of carbonyl (C=O) groups excluding carboxylic acids is 1. The van der Waals surface area contributed by atoms with Gasteiger partial charge in [-0.15, -0.1) is 0 Å². The highest BCUT2D eigenvalue weighted by molar-refractivity contribution is 6.32. The van der Waals surface area contributed by atoms with Gasteiger partial charge >= 0.3 is 5.97 Å². The first-order valence-corrected chi connectivity index (χ1v) is 8.73. The Morgan fingerprint density at radius 3 is 2.92 bits per heavy atom. The van der Waals surface area contributed by atoms with Crippen molar-refractivity contribution < 1.29 is 19.0 Å². The van der Waals surface area contributed by atoms with E-state index in [1.165, 1.54) is 25.7 Å². The van der Waals surface area contributed by atoms with E-state index in [0.717, 1.165) is 0 Å². The minimum Gasteiger partial charge on any atom is -0.493 e. The van der Waals surface area contributed by atoms with Crippen LogP contribution in [0.3, 0.4) is 0 Å². The first-order valence-electron chi connectivity index (χ1n) is 8.35. The molecule has 1 aliphatic rings. The van der Waals surface area contributed by atoms with Crippen molar-refractivity contribution in [3.63, 3.8) is 0 Å². The number of carbonyl (C=O) groups is 1. The molecule has 2 aromatic rings. The zero-order valence-electron chi connectivity index (χ0n) is 14.0. The van der Waals surface area contributed by atoms with Gasteiger partial charge in [-0.3, -0.25) is 0 Å². The van der Waals surface area contributed by atoms with Gasteiger partial charge in [-0.05, 0) is 37.8 Å². The molecule has 3 rings (SSSR count). The quantitative estimate of drug-likeness (QED) is 0.746. The second-order valence-corrected chi connectivity index (χ2v) is 6.28. The third-order valence-electron chi connectivity index (χ3n) is 4.07. The van der Waals surface area contributed by atoms with Gasteiger partial charge < -0.3 is 14.2 Å². The van der Waals surface area contributed by atoms with Crippen LogP contribution in [0.2, 0.25) is 5.02 Å². The lowest BCUT2D eigenvalue weighted by molar-refractivity contribution is 0.0516. The smallest absolute Gasteiger partial charge is 0.362 e. The Kier molecular flexibility index (Phi) is 5.75. The van der Waals surface area contributed by atoms with E-state index >= 15 is 0 Å². The van der Waals surface area contributed by atoms with Crippen LogP contribution in [-0.4, -0.2) is 34.6 Å². The Balaban J connectivity index is 1.70. The minimum absolute atomic E-state index is 0.00768. The van der Waals surface area contributed by atoms with Crippen molar-refractivity contribution in [3.05, 3.63) is 28.9 Å². The number of nitrogens with one attached hydrogen (secondary N) is 1. The Labute approximate surface area is 150 Å². The fourth-order valence-corrected chi connectivity index (χ4v) is 2.93. The van der Waals surface area contributed by atoms with E-state index in [9.17, 15) is 4.79 Å². The maximum Gasteiger partial charge on any atom is 0.362 e. The lowest BCUT2D eigenvalue weighted by Gasteiger charge is -2.13. The molecule has 8 heteroatoms. The summed E-state index contributed by atoms with van der Waals surface area (Å²) in [4.78, 5) is 11.8. The number of rotatable bonds is 7. The molecule has 1 aromatic heterocycles. The van der Waals surface area contributed by atoms with E-state index in [2.05, 4.69) is 15.4 Å². The lowest BCUT2D eigenvalue weighted by Crippen LogP contribution is -2.08. The summed E-state index contributed by atoms with van der Waals surface area (Å²) in [6.45, 7) is 2.63. The number of aromatic nitrogens is 3. The molecule has 1 aromatic carbocycles. The molecule has 1 heterocycles. The highest BCUT2D eigenvalue weighted by atomic mass is 35.5. The SMILES string of the molecule is CCOC(=O)c1[nH]nnc1Oc1cc(OCC2CCCC2)ccc1Cl. The van der Waals surface area contributed by atoms with Crippen molar-refractivity contribution in [2.45, 2.75) is 32.6 Å². The van der Waals surface area contributed by atoms with Gasteiger partial charge in [0.15, 0.2) is 5.75 Å². The fraction of sp³-hybridized carbons (Fsp3) is 0.471. The molecule has 0 unspecified atom stereocenters. The molecule has 0 amide bonds. The van der Waals surface area contributed by atoms with Gasteiger partial charge in [-0.2, -0.15) is 0 Å². The number of esters is 1. The van der Waals surface area contributed by atoms with Crippen LogP contribution < -0.4 is 9.47 Å². The summed E-state index contributed by atoms with van der Waals surface area (Å²) in [6, 6.07) is 5.16. The van der Waals surface area contributed by atoms with Gasteiger partial charge in [0.25, 0.3) is 5.88 Å². The third kappa shape index (κ3) is 4.42. The second-order valence-electron chi connectivity index (χ2n) is 5.87. The fourth-order valence-electron chi connectivity index (χ4n) is 2.77. The maximum atomic E-state index is 11.8. The molecule has 7 nitrogen and oxygen atoms in total. The van der Waals surface area contributed by atoms with Crippen molar-refractivity contribution in [1.82, 2.24) is 15.4 Å². The summed E-state index contributed by atoms with van der Waals surface area (Å²) in [5.41, 5.74) is 0.0372. The lowest BCUT2D eigenvalue weighted by atomic mass is 10.1.